The van der Waals surface area contributed by atoms with Gasteiger partial charge in [-0.25, -0.2) is 4.98 Å². The van der Waals surface area contributed by atoms with Crippen LogP contribution < -0.4 is 15.5 Å². The molecule has 0 bridgehead atoms. The first-order chi connectivity index (χ1) is 11.5. The quantitative estimate of drug-likeness (QED) is 0.820. The fraction of sp³-hybridized carbons (Fsp3) is 0.611. The molecule has 0 saturated carbocycles. The van der Waals surface area contributed by atoms with Crippen LogP contribution in [0.1, 0.15) is 51.0 Å². The molecule has 0 radical (unpaired) electrons. The Morgan fingerprint density at radius 1 is 1.21 bits per heavy atom. The van der Waals surface area contributed by atoms with Gasteiger partial charge in [-0.05, 0) is 30.9 Å². The number of anilines is 1. The van der Waals surface area contributed by atoms with Crippen LogP contribution in [-0.4, -0.2) is 42.0 Å². The molecule has 2 aliphatic heterocycles. The third-order valence-electron chi connectivity index (χ3n) is 4.80. The minimum Gasteiger partial charge on any atom is -0.357 e. The number of imide groups is 1. The molecule has 1 aromatic rings. The van der Waals surface area contributed by atoms with Crippen LogP contribution in [0.15, 0.2) is 18.3 Å². The first-order valence-electron chi connectivity index (χ1n) is 8.83. The van der Waals surface area contributed by atoms with Crippen LogP contribution >= 0.6 is 0 Å². The minimum absolute atomic E-state index is 0.182. The minimum atomic E-state index is -0.259. The summed E-state index contributed by atoms with van der Waals surface area (Å²) in [6.07, 6.45) is 4.99. The van der Waals surface area contributed by atoms with Gasteiger partial charge in [0.2, 0.25) is 11.8 Å². The predicted molar refractivity (Wildman–Crippen MR) is 92.9 cm³/mol. The van der Waals surface area contributed by atoms with E-state index < -0.39 is 0 Å². The fourth-order valence-electron chi connectivity index (χ4n) is 3.55. The highest BCUT2D eigenvalue weighted by Crippen LogP contribution is 2.26. The molecule has 6 nitrogen and oxygen atoms in total. The average molecular weight is 330 g/mol. The summed E-state index contributed by atoms with van der Waals surface area (Å²) in [5.41, 5.74) is 0.889. The van der Waals surface area contributed by atoms with E-state index in [0.29, 0.717) is 24.9 Å². The molecule has 24 heavy (non-hydrogen) atoms. The van der Waals surface area contributed by atoms with Crippen molar-refractivity contribution in [3.63, 3.8) is 0 Å². The zero-order valence-electron chi connectivity index (χ0n) is 14.4. The molecule has 6 heteroatoms. The van der Waals surface area contributed by atoms with Crippen molar-refractivity contribution in [3.05, 3.63) is 23.9 Å². The van der Waals surface area contributed by atoms with Crippen molar-refractivity contribution in [2.45, 2.75) is 57.5 Å². The molecule has 0 aliphatic carbocycles. The lowest BCUT2D eigenvalue weighted by Crippen LogP contribution is -2.45. The SMILES string of the molecule is CC(C)NC1CCN(c2ccc(C3CCC(=O)NC3=O)cn2)CC1. The van der Waals surface area contributed by atoms with E-state index in [1.54, 1.807) is 6.20 Å². The summed E-state index contributed by atoms with van der Waals surface area (Å²) in [6, 6.07) is 5.08. The summed E-state index contributed by atoms with van der Waals surface area (Å²) < 4.78 is 0. The first kappa shape index (κ1) is 16.9. The zero-order valence-corrected chi connectivity index (χ0v) is 14.4. The number of piperidine rings is 2. The summed E-state index contributed by atoms with van der Waals surface area (Å²) in [5.74, 6) is 0.319. The van der Waals surface area contributed by atoms with E-state index in [1.807, 2.05) is 12.1 Å². The number of carbonyl (C=O) groups excluding carboxylic acids is 2. The normalized spacial score (nSPS) is 22.8. The van der Waals surface area contributed by atoms with E-state index in [9.17, 15) is 9.59 Å². The summed E-state index contributed by atoms with van der Waals surface area (Å²) in [4.78, 5) is 30.0. The Hall–Kier alpha value is -1.95. The molecule has 2 N–H and O–H groups in total. The van der Waals surface area contributed by atoms with Gasteiger partial charge in [0, 0.05) is 37.8 Å². The van der Waals surface area contributed by atoms with E-state index in [0.717, 1.165) is 37.3 Å². The smallest absolute Gasteiger partial charge is 0.234 e. The molecule has 2 fully saturated rings. The second-order valence-electron chi connectivity index (χ2n) is 7.04. The van der Waals surface area contributed by atoms with Crippen LogP contribution in [0.2, 0.25) is 0 Å². The molecule has 2 amide bonds. The van der Waals surface area contributed by atoms with Crippen molar-refractivity contribution in [3.8, 4) is 0 Å². The maximum Gasteiger partial charge on any atom is 0.234 e. The van der Waals surface area contributed by atoms with Gasteiger partial charge in [-0.2, -0.15) is 0 Å². The third kappa shape index (κ3) is 3.93. The van der Waals surface area contributed by atoms with Crippen molar-refractivity contribution in [2.24, 2.45) is 0 Å². The summed E-state index contributed by atoms with van der Waals surface area (Å²) in [6.45, 7) is 6.35. The van der Waals surface area contributed by atoms with Gasteiger partial charge in [0.25, 0.3) is 0 Å². The Kier molecular flexibility index (Phi) is 5.14. The number of carbonyl (C=O) groups is 2. The Morgan fingerprint density at radius 3 is 2.54 bits per heavy atom. The maximum absolute atomic E-state index is 11.9. The summed E-state index contributed by atoms with van der Waals surface area (Å²) >= 11 is 0. The molecule has 0 aromatic carbocycles. The highest BCUT2D eigenvalue weighted by Gasteiger charge is 2.28. The number of hydrogen-bond acceptors (Lipinski definition) is 5. The second kappa shape index (κ2) is 7.30. The van der Waals surface area contributed by atoms with E-state index in [-0.39, 0.29) is 17.7 Å². The van der Waals surface area contributed by atoms with Crippen molar-refractivity contribution in [1.82, 2.24) is 15.6 Å². The third-order valence-corrected chi connectivity index (χ3v) is 4.80. The molecule has 3 rings (SSSR count). The van der Waals surface area contributed by atoms with E-state index in [1.165, 1.54) is 0 Å². The van der Waals surface area contributed by atoms with Gasteiger partial charge in [0.05, 0.1) is 5.92 Å². The molecular formula is C18H26N4O2. The monoisotopic (exact) mass is 330 g/mol. The Bertz CT molecular complexity index is 592. The number of nitrogens with zero attached hydrogens (tertiary/aromatic N) is 2. The lowest BCUT2D eigenvalue weighted by molar-refractivity contribution is -0.134. The molecule has 130 valence electrons. The van der Waals surface area contributed by atoms with E-state index in [2.05, 4.69) is 34.4 Å². The fourth-order valence-corrected chi connectivity index (χ4v) is 3.55. The average Bonchev–Trinajstić information content (AvgIpc) is 2.55. The number of hydrogen-bond donors (Lipinski definition) is 2. The van der Waals surface area contributed by atoms with Gasteiger partial charge < -0.3 is 10.2 Å². The van der Waals surface area contributed by atoms with Crippen molar-refractivity contribution in [2.75, 3.05) is 18.0 Å². The second-order valence-corrected chi connectivity index (χ2v) is 7.04. The first-order valence-corrected chi connectivity index (χ1v) is 8.83. The van der Waals surface area contributed by atoms with Crippen molar-refractivity contribution < 1.29 is 9.59 Å². The van der Waals surface area contributed by atoms with Crippen LogP contribution in [0.25, 0.3) is 0 Å². The van der Waals surface area contributed by atoms with Crippen LogP contribution in [0, 0.1) is 0 Å². The largest absolute Gasteiger partial charge is 0.357 e. The topological polar surface area (TPSA) is 74.3 Å². The molecule has 1 unspecified atom stereocenters. The lowest BCUT2D eigenvalue weighted by atomic mass is 9.92. The number of aromatic nitrogens is 1. The summed E-state index contributed by atoms with van der Waals surface area (Å²) in [7, 11) is 0. The van der Waals surface area contributed by atoms with Gasteiger partial charge >= 0.3 is 0 Å². The number of nitrogens with one attached hydrogen (secondary N) is 2. The van der Waals surface area contributed by atoms with Gasteiger partial charge in [-0.3, -0.25) is 14.9 Å². The van der Waals surface area contributed by atoms with Crippen molar-refractivity contribution >= 4 is 17.6 Å². The van der Waals surface area contributed by atoms with Gasteiger partial charge in [0.1, 0.15) is 5.82 Å². The summed E-state index contributed by atoms with van der Waals surface area (Å²) in [5, 5.41) is 6.00. The Labute approximate surface area is 143 Å². The molecule has 0 spiro atoms. The van der Waals surface area contributed by atoms with Crippen molar-refractivity contribution in [1.29, 1.82) is 0 Å². The zero-order chi connectivity index (χ0) is 17.1. The highest BCUT2D eigenvalue weighted by molar-refractivity contribution is 6.00. The Morgan fingerprint density at radius 2 is 1.96 bits per heavy atom. The van der Waals surface area contributed by atoms with Crippen LogP contribution in [0.4, 0.5) is 5.82 Å². The number of pyridine rings is 1. The highest BCUT2D eigenvalue weighted by atomic mass is 16.2. The molecule has 1 aromatic heterocycles. The van der Waals surface area contributed by atoms with Gasteiger partial charge in [-0.1, -0.05) is 19.9 Å². The number of rotatable bonds is 4. The van der Waals surface area contributed by atoms with Gasteiger partial charge in [-0.15, -0.1) is 0 Å². The molecule has 2 saturated heterocycles. The molecular weight excluding hydrogens is 304 g/mol. The lowest BCUT2D eigenvalue weighted by Gasteiger charge is -2.34. The van der Waals surface area contributed by atoms with E-state index >= 15 is 0 Å². The molecule has 3 heterocycles. The van der Waals surface area contributed by atoms with Gasteiger partial charge in [0.15, 0.2) is 0 Å². The van der Waals surface area contributed by atoms with Crippen LogP contribution in [0.5, 0.6) is 0 Å². The Balaban J connectivity index is 1.59. The standard InChI is InChI=1S/C18H26N4O2/c1-12(2)20-14-7-9-22(10-8-14)16-5-3-13(11-19-16)15-4-6-17(23)21-18(15)24/h3,5,11-12,14-15,20H,4,6-10H2,1-2H3,(H,21,23,24). The molecule has 1 atom stereocenters. The maximum atomic E-state index is 11.9. The van der Waals surface area contributed by atoms with Crippen LogP contribution in [-0.2, 0) is 9.59 Å². The van der Waals surface area contributed by atoms with E-state index in [4.69, 9.17) is 0 Å². The molecule has 2 aliphatic rings. The predicted octanol–water partition coefficient (Wildman–Crippen LogP) is 1.57. The van der Waals surface area contributed by atoms with Crippen LogP contribution in [0.3, 0.4) is 0 Å². The number of amides is 2.